The minimum Gasteiger partial charge on any atom is -0.300 e. The van der Waals surface area contributed by atoms with Crippen molar-refractivity contribution in [2.45, 2.75) is 64.2 Å². The third-order valence-electron chi connectivity index (χ3n) is 5.62. The summed E-state index contributed by atoms with van der Waals surface area (Å²) in [5.41, 5.74) is 0.966. The molecule has 1 fully saturated rings. The summed E-state index contributed by atoms with van der Waals surface area (Å²) in [5, 5.41) is 25.3. The summed E-state index contributed by atoms with van der Waals surface area (Å²) in [6.45, 7) is 0. The molecule has 0 unspecified atom stereocenters. The number of rotatable bonds is 10. The molecule has 33 heavy (non-hydrogen) atoms. The summed E-state index contributed by atoms with van der Waals surface area (Å²) in [4.78, 5) is 24.5. The number of hydrogen-bond acceptors (Lipinski definition) is 8. The van der Waals surface area contributed by atoms with Crippen molar-refractivity contribution in [3.63, 3.8) is 0 Å². The fourth-order valence-corrected chi connectivity index (χ4v) is 5.46. The number of aryl methyl sites for hydroxylation is 2. The van der Waals surface area contributed by atoms with Gasteiger partial charge in [0.1, 0.15) is 10.0 Å². The molecule has 2 aromatic heterocycles. The molecule has 8 nitrogen and oxygen atoms in total. The van der Waals surface area contributed by atoms with Gasteiger partial charge in [0, 0.05) is 18.8 Å². The lowest BCUT2D eigenvalue weighted by molar-refractivity contribution is -0.120. The zero-order valence-electron chi connectivity index (χ0n) is 18.5. The van der Waals surface area contributed by atoms with Crippen LogP contribution >= 0.6 is 22.7 Å². The van der Waals surface area contributed by atoms with Gasteiger partial charge in [-0.05, 0) is 31.2 Å². The molecule has 1 saturated carbocycles. The smallest absolute Gasteiger partial charge is 0.230 e. The molecule has 2 N–H and O–H groups in total. The maximum atomic E-state index is 12.3. The van der Waals surface area contributed by atoms with Crippen LogP contribution in [0.1, 0.15) is 60.5 Å². The quantitative estimate of drug-likeness (QED) is 0.405. The zero-order chi connectivity index (χ0) is 22.9. The molecular weight excluding hydrogens is 456 g/mol. The molecule has 4 rings (SSSR count). The van der Waals surface area contributed by atoms with Crippen LogP contribution in [0.25, 0.3) is 0 Å². The first kappa shape index (κ1) is 23.4. The maximum Gasteiger partial charge on any atom is 0.230 e. The van der Waals surface area contributed by atoms with Crippen molar-refractivity contribution >= 4 is 44.8 Å². The van der Waals surface area contributed by atoms with Gasteiger partial charge in [0.25, 0.3) is 0 Å². The second-order valence-electron chi connectivity index (χ2n) is 8.24. The second kappa shape index (κ2) is 11.9. The first-order valence-electron chi connectivity index (χ1n) is 11.4. The number of benzene rings is 1. The SMILES string of the molecule is O=C(Cc1ccccc1)Nc1nnc(CCCCc2nnc(NC(=O)C3CCCCC3)s2)s1. The van der Waals surface area contributed by atoms with E-state index in [9.17, 15) is 9.59 Å². The van der Waals surface area contributed by atoms with Gasteiger partial charge in [0.2, 0.25) is 22.1 Å². The molecule has 2 amide bonds. The Morgan fingerprint density at radius 2 is 1.42 bits per heavy atom. The average molecular weight is 485 g/mol. The van der Waals surface area contributed by atoms with Gasteiger partial charge < -0.3 is 10.6 Å². The summed E-state index contributed by atoms with van der Waals surface area (Å²) >= 11 is 2.87. The molecule has 0 spiro atoms. The van der Waals surface area contributed by atoms with E-state index < -0.39 is 0 Å². The normalized spacial score (nSPS) is 14.2. The number of carbonyl (C=O) groups is 2. The Labute approximate surface area is 201 Å². The minimum absolute atomic E-state index is 0.0836. The molecule has 1 aliphatic rings. The predicted octanol–water partition coefficient (Wildman–Crippen LogP) is 4.66. The zero-order valence-corrected chi connectivity index (χ0v) is 20.1. The molecule has 10 heteroatoms. The molecule has 0 bridgehead atoms. The monoisotopic (exact) mass is 484 g/mol. The number of nitrogens with zero attached hydrogens (tertiary/aromatic N) is 4. The lowest BCUT2D eigenvalue weighted by Crippen LogP contribution is -2.24. The number of aromatic nitrogens is 4. The Balaban J connectivity index is 1.15. The van der Waals surface area contributed by atoms with Crippen LogP contribution in [0.5, 0.6) is 0 Å². The van der Waals surface area contributed by atoms with Crippen LogP contribution in [-0.4, -0.2) is 32.2 Å². The lowest BCUT2D eigenvalue weighted by atomic mass is 9.89. The third kappa shape index (κ3) is 7.40. The van der Waals surface area contributed by atoms with Gasteiger partial charge in [-0.1, -0.05) is 72.3 Å². The molecule has 2 heterocycles. The highest BCUT2D eigenvalue weighted by atomic mass is 32.1. The van der Waals surface area contributed by atoms with Gasteiger partial charge in [0.05, 0.1) is 6.42 Å². The standard InChI is InChI=1S/C23H28N6O2S2/c30-18(15-16-9-3-1-4-10-16)24-22-28-26-19(32-22)13-7-8-14-20-27-29-23(33-20)25-21(31)17-11-5-2-6-12-17/h1,3-4,9-10,17H,2,5-8,11-15H2,(H,24,28,30)(H,25,29,31). The van der Waals surface area contributed by atoms with Crippen LogP contribution in [0.3, 0.4) is 0 Å². The number of carbonyl (C=O) groups excluding carboxylic acids is 2. The van der Waals surface area contributed by atoms with E-state index in [1.165, 1.54) is 29.1 Å². The van der Waals surface area contributed by atoms with Gasteiger partial charge in [-0.25, -0.2) is 0 Å². The third-order valence-corrected chi connectivity index (χ3v) is 7.42. The average Bonchev–Trinajstić information content (AvgIpc) is 3.47. The van der Waals surface area contributed by atoms with E-state index in [-0.39, 0.29) is 17.7 Å². The molecule has 1 aliphatic carbocycles. The fourth-order valence-electron chi connectivity index (χ4n) is 3.88. The van der Waals surface area contributed by atoms with Crippen molar-refractivity contribution in [2.75, 3.05) is 10.6 Å². The molecule has 1 aromatic carbocycles. The number of anilines is 2. The van der Waals surface area contributed by atoms with E-state index in [0.29, 0.717) is 16.7 Å². The molecule has 3 aromatic rings. The van der Waals surface area contributed by atoms with E-state index in [0.717, 1.165) is 66.9 Å². The first-order chi connectivity index (χ1) is 16.2. The van der Waals surface area contributed by atoms with Crippen molar-refractivity contribution in [1.29, 1.82) is 0 Å². The van der Waals surface area contributed by atoms with Crippen LogP contribution in [0, 0.1) is 5.92 Å². The van der Waals surface area contributed by atoms with E-state index in [1.54, 1.807) is 0 Å². The van der Waals surface area contributed by atoms with Crippen molar-refractivity contribution in [3.8, 4) is 0 Å². The van der Waals surface area contributed by atoms with E-state index in [2.05, 4.69) is 31.0 Å². The van der Waals surface area contributed by atoms with Crippen molar-refractivity contribution in [1.82, 2.24) is 20.4 Å². The van der Waals surface area contributed by atoms with Crippen LogP contribution in [0.2, 0.25) is 0 Å². The minimum atomic E-state index is -0.0912. The lowest BCUT2D eigenvalue weighted by Gasteiger charge is -2.19. The Hall–Kier alpha value is -2.72. The Morgan fingerprint density at radius 3 is 2.06 bits per heavy atom. The predicted molar refractivity (Wildman–Crippen MR) is 130 cm³/mol. The van der Waals surface area contributed by atoms with E-state index >= 15 is 0 Å². The molecule has 0 aliphatic heterocycles. The number of amides is 2. The van der Waals surface area contributed by atoms with Crippen LogP contribution < -0.4 is 10.6 Å². The Kier molecular flexibility index (Phi) is 8.48. The van der Waals surface area contributed by atoms with Gasteiger partial charge in [-0.2, -0.15) is 0 Å². The Bertz CT molecular complexity index is 1050. The van der Waals surface area contributed by atoms with E-state index in [1.807, 2.05) is 30.3 Å². The molecule has 0 radical (unpaired) electrons. The number of unbranched alkanes of at least 4 members (excludes halogenated alkanes) is 1. The number of hydrogen-bond donors (Lipinski definition) is 2. The molecular formula is C23H28N6O2S2. The summed E-state index contributed by atoms with van der Waals surface area (Å²) in [6.07, 6.45) is 9.27. The fraction of sp³-hybridized carbons (Fsp3) is 0.478. The molecule has 0 saturated heterocycles. The first-order valence-corrected chi connectivity index (χ1v) is 13.1. The highest BCUT2D eigenvalue weighted by Crippen LogP contribution is 2.26. The summed E-state index contributed by atoms with van der Waals surface area (Å²) in [5.74, 6) is 0.109. The summed E-state index contributed by atoms with van der Waals surface area (Å²) in [6, 6.07) is 9.62. The van der Waals surface area contributed by atoms with Gasteiger partial charge in [0.15, 0.2) is 0 Å². The summed E-state index contributed by atoms with van der Waals surface area (Å²) in [7, 11) is 0. The van der Waals surface area contributed by atoms with Gasteiger partial charge in [-0.15, -0.1) is 20.4 Å². The number of nitrogens with one attached hydrogen (secondary N) is 2. The van der Waals surface area contributed by atoms with Gasteiger partial charge in [-0.3, -0.25) is 9.59 Å². The summed E-state index contributed by atoms with van der Waals surface area (Å²) < 4.78 is 0. The molecule has 0 atom stereocenters. The van der Waals surface area contributed by atoms with Crippen molar-refractivity contribution in [3.05, 3.63) is 45.9 Å². The topological polar surface area (TPSA) is 110 Å². The highest BCUT2D eigenvalue weighted by Gasteiger charge is 2.22. The highest BCUT2D eigenvalue weighted by molar-refractivity contribution is 7.15. The van der Waals surface area contributed by atoms with Crippen molar-refractivity contribution < 1.29 is 9.59 Å². The van der Waals surface area contributed by atoms with E-state index in [4.69, 9.17) is 0 Å². The largest absolute Gasteiger partial charge is 0.300 e. The van der Waals surface area contributed by atoms with Crippen LogP contribution in [-0.2, 0) is 28.9 Å². The Morgan fingerprint density at radius 1 is 0.818 bits per heavy atom. The van der Waals surface area contributed by atoms with Crippen molar-refractivity contribution in [2.24, 2.45) is 5.92 Å². The molecule has 174 valence electrons. The van der Waals surface area contributed by atoms with Crippen LogP contribution in [0.15, 0.2) is 30.3 Å². The van der Waals surface area contributed by atoms with Crippen LogP contribution in [0.4, 0.5) is 10.3 Å². The van der Waals surface area contributed by atoms with Gasteiger partial charge >= 0.3 is 0 Å². The maximum absolute atomic E-state index is 12.3. The second-order valence-corrected chi connectivity index (χ2v) is 10.4.